The lowest BCUT2D eigenvalue weighted by molar-refractivity contribution is 0.579. The van der Waals surface area contributed by atoms with Crippen LogP contribution < -0.4 is 4.72 Å². The Morgan fingerprint density at radius 3 is 2.63 bits per heavy atom. The summed E-state index contributed by atoms with van der Waals surface area (Å²) in [5.74, 6) is -0.108. The van der Waals surface area contributed by atoms with E-state index < -0.39 is 10.0 Å². The monoisotopic (exact) mass is 293 g/mol. The van der Waals surface area contributed by atoms with E-state index in [1.807, 2.05) is 6.07 Å². The third-order valence-electron chi connectivity index (χ3n) is 2.40. The molecule has 19 heavy (non-hydrogen) atoms. The standard InChI is InChI=1S/C12H11N3O2S2/c13-5-10-1-3-11(4-2-10)8-19(16,17)15-6-12-7-18-9-14-12/h1-4,7,9,15H,6,8H2. The molecule has 1 aromatic carbocycles. The molecule has 0 aliphatic heterocycles. The van der Waals surface area contributed by atoms with Crippen LogP contribution >= 0.6 is 11.3 Å². The number of nitriles is 1. The van der Waals surface area contributed by atoms with Crippen molar-refractivity contribution in [3.63, 3.8) is 0 Å². The fraction of sp³-hybridized carbons (Fsp3) is 0.167. The minimum atomic E-state index is -3.40. The van der Waals surface area contributed by atoms with E-state index in [1.54, 1.807) is 35.2 Å². The predicted octanol–water partition coefficient (Wildman–Crippen LogP) is 1.63. The molecule has 7 heteroatoms. The van der Waals surface area contributed by atoms with E-state index in [1.165, 1.54) is 11.3 Å². The quantitative estimate of drug-likeness (QED) is 0.908. The van der Waals surface area contributed by atoms with E-state index in [0.717, 1.165) is 0 Å². The van der Waals surface area contributed by atoms with Crippen molar-refractivity contribution in [2.45, 2.75) is 12.3 Å². The van der Waals surface area contributed by atoms with Gasteiger partial charge in [-0.1, -0.05) is 12.1 Å². The second-order valence-corrected chi connectivity index (χ2v) is 6.39. The van der Waals surface area contributed by atoms with Gasteiger partial charge in [0.25, 0.3) is 0 Å². The van der Waals surface area contributed by atoms with Crippen molar-refractivity contribution < 1.29 is 8.42 Å². The van der Waals surface area contributed by atoms with E-state index >= 15 is 0 Å². The van der Waals surface area contributed by atoms with Crippen LogP contribution in [0.4, 0.5) is 0 Å². The zero-order valence-corrected chi connectivity index (χ0v) is 11.5. The van der Waals surface area contributed by atoms with E-state index in [0.29, 0.717) is 16.8 Å². The van der Waals surface area contributed by atoms with Gasteiger partial charge in [0.1, 0.15) is 0 Å². The van der Waals surface area contributed by atoms with Crippen LogP contribution in [0.1, 0.15) is 16.8 Å². The van der Waals surface area contributed by atoms with Crippen LogP contribution in [0.3, 0.4) is 0 Å². The SMILES string of the molecule is N#Cc1ccc(CS(=O)(=O)NCc2cscn2)cc1. The average Bonchev–Trinajstić information content (AvgIpc) is 2.90. The lowest BCUT2D eigenvalue weighted by atomic mass is 10.2. The maximum Gasteiger partial charge on any atom is 0.216 e. The van der Waals surface area contributed by atoms with Crippen molar-refractivity contribution in [2.24, 2.45) is 0 Å². The molecule has 1 aromatic heterocycles. The number of hydrogen-bond donors (Lipinski definition) is 1. The molecule has 2 rings (SSSR count). The molecule has 1 N–H and O–H groups in total. The summed E-state index contributed by atoms with van der Waals surface area (Å²) in [7, 11) is -3.40. The molecule has 5 nitrogen and oxygen atoms in total. The highest BCUT2D eigenvalue weighted by Crippen LogP contribution is 2.08. The average molecular weight is 293 g/mol. The second-order valence-electron chi connectivity index (χ2n) is 3.87. The molecule has 0 aliphatic carbocycles. The summed E-state index contributed by atoms with van der Waals surface area (Å²) < 4.78 is 26.2. The molecule has 98 valence electrons. The lowest BCUT2D eigenvalue weighted by Crippen LogP contribution is -2.24. The normalized spacial score (nSPS) is 11.1. The number of benzene rings is 1. The Morgan fingerprint density at radius 1 is 1.32 bits per heavy atom. The van der Waals surface area contributed by atoms with E-state index in [-0.39, 0.29) is 12.3 Å². The zero-order valence-electron chi connectivity index (χ0n) is 9.91. The fourth-order valence-electron chi connectivity index (χ4n) is 1.45. The molecule has 0 saturated carbocycles. The molecule has 0 fully saturated rings. The van der Waals surface area contributed by atoms with Crippen molar-refractivity contribution in [1.29, 1.82) is 5.26 Å². The van der Waals surface area contributed by atoms with Crippen LogP contribution in [0.5, 0.6) is 0 Å². The summed E-state index contributed by atoms with van der Waals surface area (Å²) >= 11 is 1.42. The Morgan fingerprint density at radius 2 is 2.05 bits per heavy atom. The first-order valence-electron chi connectivity index (χ1n) is 5.42. The van der Waals surface area contributed by atoms with Gasteiger partial charge in [0.05, 0.1) is 35.1 Å². The van der Waals surface area contributed by atoms with Gasteiger partial charge < -0.3 is 0 Å². The molecule has 1 heterocycles. The van der Waals surface area contributed by atoms with Crippen LogP contribution in [-0.2, 0) is 22.3 Å². The summed E-state index contributed by atoms with van der Waals surface area (Å²) in [5, 5.41) is 10.5. The minimum Gasteiger partial charge on any atom is -0.248 e. The number of nitrogens with one attached hydrogen (secondary N) is 1. The molecular formula is C12H11N3O2S2. The van der Waals surface area contributed by atoms with Gasteiger partial charge in [-0.25, -0.2) is 18.1 Å². The number of sulfonamides is 1. The molecule has 0 atom stereocenters. The fourth-order valence-corrected chi connectivity index (χ4v) is 3.11. The third-order valence-corrected chi connectivity index (χ3v) is 4.33. The van der Waals surface area contributed by atoms with Gasteiger partial charge in [-0.15, -0.1) is 11.3 Å². The lowest BCUT2D eigenvalue weighted by Gasteiger charge is -2.05. The Kier molecular flexibility index (Phi) is 4.27. The third kappa shape index (κ3) is 4.13. The van der Waals surface area contributed by atoms with E-state index in [4.69, 9.17) is 5.26 Å². The highest BCUT2D eigenvalue weighted by Gasteiger charge is 2.11. The van der Waals surface area contributed by atoms with Crippen molar-refractivity contribution in [1.82, 2.24) is 9.71 Å². The summed E-state index contributed by atoms with van der Waals surface area (Å²) in [5.41, 5.74) is 3.51. The molecular weight excluding hydrogens is 282 g/mol. The molecule has 0 bridgehead atoms. The number of thiazole rings is 1. The van der Waals surface area contributed by atoms with Crippen LogP contribution in [0.2, 0.25) is 0 Å². The van der Waals surface area contributed by atoms with Crippen LogP contribution in [0.15, 0.2) is 35.2 Å². The summed E-state index contributed by atoms with van der Waals surface area (Å²) in [6, 6.07) is 8.47. The Hall–Kier alpha value is -1.75. The Labute approximate surface area is 115 Å². The second kappa shape index (κ2) is 5.93. The van der Waals surface area contributed by atoms with Gasteiger partial charge >= 0.3 is 0 Å². The molecule has 0 spiro atoms. The van der Waals surface area contributed by atoms with E-state index in [2.05, 4.69) is 9.71 Å². The smallest absolute Gasteiger partial charge is 0.216 e. The molecule has 0 unspecified atom stereocenters. The Balaban J connectivity index is 1.98. The number of hydrogen-bond acceptors (Lipinski definition) is 5. The predicted molar refractivity (Wildman–Crippen MR) is 72.7 cm³/mol. The molecule has 0 saturated heterocycles. The van der Waals surface area contributed by atoms with Crippen molar-refractivity contribution in [3.8, 4) is 6.07 Å². The van der Waals surface area contributed by atoms with Crippen LogP contribution in [0.25, 0.3) is 0 Å². The van der Waals surface area contributed by atoms with Gasteiger partial charge in [0.15, 0.2) is 0 Å². The first-order chi connectivity index (χ1) is 9.09. The first kappa shape index (κ1) is 13.7. The van der Waals surface area contributed by atoms with Crippen molar-refractivity contribution in [3.05, 3.63) is 52.0 Å². The largest absolute Gasteiger partial charge is 0.248 e. The number of rotatable bonds is 5. The van der Waals surface area contributed by atoms with Gasteiger partial charge in [-0.2, -0.15) is 5.26 Å². The van der Waals surface area contributed by atoms with Gasteiger partial charge in [-0.05, 0) is 17.7 Å². The van der Waals surface area contributed by atoms with Gasteiger partial charge in [-0.3, -0.25) is 0 Å². The molecule has 0 amide bonds. The maximum atomic E-state index is 11.8. The number of aromatic nitrogens is 1. The van der Waals surface area contributed by atoms with Crippen molar-refractivity contribution in [2.75, 3.05) is 0 Å². The van der Waals surface area contributed by atoms with E-state index in [9.17, 15) is 8.42 Å². The Bertz CT molecular complexity index is 671. The highest BCUT2D eigenvalue weighted by molar-refractivity contribution is 7.88. The first-order valence-corrected chi connectivity index (χ1v) is 8.02. The topological polar surface area (TPSA) is 82.8 Å². The molecule has 2 aromatic rings. The highest BCUT2D eigenvalue weighted by atomic mass is 32.2. The summed E-state index contributed by atoms with van der Waals surface area (Å²) in [6.07, 6.45) is 0. The molecule has 0 aliphatic rings. The van der Waals surface area contributed by atoms with Gasteiger partial charge in [0, 0.05) is 5.38 Å². The minimum absolute atomic E-state index is 0.108. The summed E-state index contributed by atoms with van der Waals surface area (Å²) in [4.78, 5) is 4.00. The number of nitrogens with zero attached hydrogens (tertiary/aromatic N) is 2. The maximum absolute atomic E-state index is 11.8. The van der Waals surface area contributed by atoms with Gasteiger partial charge in [0.2, 0.25) is 10.0 Å². The zero-order chi connectivity index (χ0) is 13.7. The van der Waals surface area contributed by atoms with Crippen molar-refractivity contribution >= 4 is 21.4 Å². The van der Waals surface area contributed by atoms with Crippen LogP contribution in [-0.4, -0.2) is 13.4 Å². The summed E-state index contributed by atoms with van der Waals surface area (Å²) in [6.45, 7) is 0.197. The molecule has 0 radical (unpaired) electrons. The van der Waals surface area contributed by atoms with Crippen LogP contribution in [0, 0.1) is 11.3 Å².